The molecule has 0 spiro atoms. The van der Waals surface area contributed by atoms with Crippen LogP contribution < -0.4 is 4.90 Å². The monoisotopic (exact) mass is 421 g/mol. The quantitative estimate of drug-likeness (QED) is 0.636. The van der Waals surface area contributed by atoms with E-state index in [2.05, 4.69) is 40.8 Å². The summed E-state index contributed by atoms with van der Waals surface area (Å²) in [6.45, 7) is 0.542. The van der Waals surface area contributed by atoms with Crippen molar-refractivity contribution in [2.45, 2.75) is 12.8 Å². The number of carbonyl (C=O) groups excluding carboxylic acids is 1. The van der Waals surface area contributed by atoms with Gasteiger partial charge in [-0.15, -0.1) is 11.3 Å². The summed E-state index contributed by atoms with van der Waals surface area (Å²) in [4.78, 5) is 15.1. The summed E-state index contributed by atoms with van der Waals surface area (Å²) in [5.41, 5.74) is 1.43. The molecular formula is C17H12INO2S. The van der Waals surface area contributed by atoms with Crippen molar-refractivity contribution >= 4 is 55.5 Å². The van der Waals surface area contributed by atoms with E-state index in [0.29, 0.717) is 12.1 Å². The molecule has 0 aliphatic carbocycles. The summed E-state index contributed by atoms with van der Waals surface area (Å²) in [5, 5.41) is 11.5. The number of carbonyl (C=O) groups is 1. The molecule has 0 bridgehead atoms. The minimum absolute atomic E-state index is 0.213. The van der Waals surface area contributed by atoms with Crippen molar-refractivity contribution in [3.8, 4) is 0 Å². The van der Waals surface area contributed by atoms with Crippen molar-refractivity contribution in [1.82, 2.24) is 0 Å². The Morgan fingerprint density at radius 3 is 2.82 bits per heavy atom. The highest BCUT2D eigenvalue weighted by molar-refractivity contribution is 14.1. The van der Waals surface area contributed by atoms with Gasteiger partial charge in [-0.05, 0) is 58.3 Å². The van der Waals surface area contributed by atoms with E-state index >= 15 is 0 Å². The summed E-state index contributed by atoms with van der Waals surface area (Å²) >= 11 is 3.88. The Morgan fingerprint density at radius 2 is 2.00 bits per heavy atom. The van der Waals surface area contributed by atoms with Crippen LogP contribution in [-0.2, 0) is 6.54 Å². The third-order valence-electron chi connectivity index (χ3n) is 3.87. The molecule has 0 saturated carbocycles. The molecular weight excluding hydrogens is 409 g/mol. The van der Waals surface area contributed by atoms with Crippen LogP contribution in [-0.4, -0.2) is 17.1 Å². The second-order valence-corrected chi connectivity index (χ2v) is 7.69. The van der Waals surface area contributed by atoms with E-state index < -0.39 is 6.23 Å². The van der Waals surface area contributed by atoms with Gasteiger partial charge in [0.2, 0.25) is 5.78 Å². The number of nitrogens with zero attached hydrogens (tertiary/aromatic N) is 1. The van der Waals surface area contributed by atoms with Gasteiger partial charge >= 0.3 is 0 Å². The lowest BCUT2D eigenvalue weighted by atomic mass is 10.1. The van der Waals surface area contributed by atoms with Gasteiger partial charge in [0.05, 0.1) is 12.2 Å². The largest absolute Gasteiger partial charge is 0.367 e. The number of thiophene rings is 1. The van der Waals surface area contributed by atoms with Gasteiger partial charge in [0.15, 0.2) is 6.23 Å². The van der Waals surface area contributed by atoms with Crippen LogP contribution in [0.25, 0.3) is 10.1 Å². The lowest BCUT2D eigenvalue weighted by Gasteiger charge is -2.21. The number of aliphatic hydroxyl groups excluding tert-OH is 1. The SMILES string of the molecule is O=C1c2cc(I)ccc2N(Cc2cc3ccccc3s2)C1O. The highest BCUT2D eigenvalue weighted by Crippen LogP contribution is 2.35. The topological polar surface area (TPSA) is 40.5 Å². The van der Waals surface area contributed by atoms with Crippen molar-refractivity contribution in [2.24, 2.45) is 0 Å². The first-order chi connectivity index (χ1) is 10.6. The highest BCUT2D eigenvalue weighted by atomic mass is 127. The predicted octanol–water partition coefficient (Wildman–Crippen LogP) is 4.03. The van der Waals surface area contributed by atoms with E-state index in [1.807, 2.05) is 30.3 Å². The molecule has 1 N–H and O–H groups in total. The number of hydrogen-bond acceptors (Lipinski definition) is 4. The van der Waals surface area contributed by atoms with E-state index in [0.717, 1.165) is 14.1 Å². The Kier molecular flexibility index (Phi) is 3.43. The molecule has 2 aromatic carbocycles. The first kappa shape index (κ1) is 14.2. The molecule has 3 nitrogen and oxygen atoms in total. The Balaban J connectivity index is 1.72. The predicted molar refractivity (Wildman–Crippen MR) is 97.5 cm³/mol. The van der Waals surface area contributed by atoms with Crippen molar-refractivity contribution < 1.29 is 9.90 Å². The minimum Gasteiger partial charge on any atom is -0.367 e. The van der Waals surface area contributed by atoms with Crippen LogP contribution in [0, 0.1) is 3.57 Å². The molecule has 0 fully saturated rings. The number of rotatable bonds is 2. The zero-order chi connectivity index (χ0) is 15.3. The number of Topliss-reactive ketones (excluding diaryl/α,β-unsaturated/α-hetero) is 1. The smallest absolute Gasteiger partial charge is 0.214 e. The summed E-state index contributed by atoms with van der Waals surface area (Å²) in [5.74, 6) is -0.213. The third kappa shape index (κ3) is 2.24. The van der Waals surface area contributed by atoms with Gasteiger partial charge in [-0.2, -0.15) is 0 Å². The number of hydrogen-bond donors (Lipinski definition) is 1. The molecule has 0 amide bonds. The fourth-order valence-electron chi connectivity index (χ4n) is 2.82. The van der Waals surface area contributed by atoms with Gasteiger partial charge < -0.3 is 10.0 Å². The van der Waals surface area contributed by atoms with E-state index in [9.17, 15) is 9.90 Å². The van der Waals surface area contributed by atoms with Crippen molar-refractivity contribution in [3.63, 3.8) is 0 Å². The van der Waals surface area contributed by atoms with E-state index in [-0.39, 0.29) is 5.78 Å². The molecule has 5 heteroatoms. The molecule has 2 heterocycles. The average Bonchev–Trinajstić information content (AvgIpc) is 3.02. The van der Waals surface area contributed by atoms with E-state index in [4.69, 9.17) is 0 Å². The lowest BCUT2D eigenvalue weighted by Crippen LogP contribution is -2.34. The number of halogens is 1. The van der Waals surface area contributed by atoms with Crippen LogP contribution in [0.2, 0.25) is 0 Å². The number of benzene rings is 2. The molecule has 3 aromatic rings. The molecule has 1 aliphatic rings. The van der Waals surface area contributed by atoms with Gasteiger partial charge in [0.1, 0.15) is 0 Å². The fraction of sp³-hybridized carbons (Fsp3) is 0.118. The van der Waals surface area contributed by atoms with Gasteiger partial charge in [-0.25, -0.2) is 0 Å². The normalized spacial score (nSPS) is 17.3. The lowest BCUT2D eigenvalue weighted by molar-refractivity contribution is 0.0767. The van der Waals surface area contributed by atoms with Crippen LogP contribution in [0.3, 0.4) is 0 Å². The second-order valence-electron chi connectivity index (χ2n) is 5.28. The van der Waals surface area contributed by atoms with E-state index in [1.165, 1.54) is 10.1 Å². The second kappa shape index (κ2) is 5.33. The summed E-state index contributed by atoms with van der Waals surface area (Å²) < 4.78 is 2.22. The van der Waals surface area contributed by atoms with Crippen LogP contribution >= 0.6 is 33.9 Å². The molecule has 0 radical (unpaired) electrons. The number of aliphatic hydroxyl groups is 1. The van der Waals surface area contributed by atoms with Crippen molar-refractivity contribution in [1.29, 1.82) is 0 Å². The standard InChI is InChI=1S/C17H12INO2S/c18-11-5-6-14-13(8-11)16(20)17(21)19(14)9-12-7-10-3-1-2-4-15(10)22-12/h1-8,17,21H,9H2. The Bertz CT molecular complexity index is 856. The summed E-state index contributed by atoms with van der Waals surface area (Å²) in [7, 11) is 0. The zero-order valence-corrected chi connectivity index (χ0v) is 14.5. The molecule has 1 unspecified atom stereocenters. The molecule has 1 atom stereocenters. The molecule has 1 aliphatic heterocycles. The minimum atomic E-state index is -1.08. The Hall–Kier alpha value is -1.44. The first-order valence-electron chi connectivity index (χ1n) is 6.89. The Morgan fingerprint density at radius 1 is 1.18 bits per heavy atom. The zero-order valence-electron chi connectivity index (χ0n) is 11.5. The summed E-state index contributed by atoms with van der Waals surface area (Å²) in [6.07, 6.45) is -1.08. The first-order valence-corrected chi connectivity index (χ1v) is 8.79. The van der Waals surface area contributed by atoms with E-state index in [1.54, 1.807) is 16.2 Å². The van der Waals surface area contributed by atoms with Crippen LogP contribution in [0.4, 0.5) is 5.69 Å². The number of fused-ring (bicyclic) bond motifs is 2. The molecule has 110 valence electrons. The highest BCUT2D eigenvalue weighted by Gasteiger charge is 2.35. The Labute approximate surface area is 145 Å². The summed E-state index contributed by atoms with van der Waals surface area (Å²) in [6, 6.07) is 16.1. The van der Waals surface area contributed by atoms with Gasteiger partial charge in [-0.1, -0.05) is 18.2 Å². The number of ketones is 1. The van der Waals surface area contributed by atoms with Gasteiger partial charge in [-0.3, -0.25) is 4.79 Å². The van der Waals surface area contributed by atoms with Gasteiger partial charge in [0.25, 0.3) is 0 Å². The van der Waals surface area contributed by atoms with Crippen LogP contribution in [0.15, 0.2) is 48.5 Å². The van der Waals surface area contributed by atoms with Crippen molar-refractivity contribution in [2.75, 3.05) is 4.90 Å². The average molecular weight is 421 g/mol. The van der Waals surface area contributed by atoms with Crippen LogP contribution in [0.1, 0.15) is 15.2 Å². The molecule has 22 heavy (non-hydrogen) atoms. The van der Waals surface area contributed by atoms with Crippen LogP contribution in [0.5, 0.6) is 0 Å². The molecule has 1 aromatic heterocycles. The maximum absolute atomic E-state index is 12.2. The van der Waals surface area contributed by atoms with Gasteiger partial charge in [0, 0.05) is 18.7 Å². The van der Waals surface area contributed by atoms with Crippen molar-refractivity contribution in [3.05, 3.63) is 62.5 Å². The molecule has 4 rings (SSSR count). The maximum Gasteiger partial charge on any atom is 0.214 e. The molecule has 0 saturated heterocycles. The number of anilines is 1. The fourth-order valence-corrected chi connectivity index (χ4v) is 4.38. The maximum atomic E-state index is 12.2. The third-order valence-corrected chi connectivity index (χ3v) is 5.64.